The molecule has 0 aromatic heterocycles. The van der Waals surface area contributed by atoms with E-state index in [0.29, 0.717) is 19.4 Å². The Morgan fingerprint density at radius 3 is 2.35 bits per heavy atom. The molecule has 0 aliphatic carbocycles. The summed E-state index contributed by atoms with van der Waals surface area (Å²) in [5.41, 5.74) is -0.232. The highest BCUT2D eigenvalue weighted by molar-refractivity contribution is 5.70. The van der Waals surface area contributed by atoms with E-state index in [4.69, 9.17) is 4.84 Å². The molecule has 2 heterocycles. The van der Waals surface area contributed by atoms with Gasteiger partial charge in [-0.1, -0.05) is 6.42 Å². The van der Waals surface area contributed by atoms with E-state index in [9.17, 15) is 9.90 Å². The number of rotatable bonds is 3. The van der Waals surface area contributed by atoms with E-state index < -0.39 is 5.97 Å². The molecule has 20 heavy (non-hydrogen) atoms. The maximum atomic E-state index is 11.3. The largest absolute Gasteiger partial charge is 0.481 e. The van der Waals surface area contributed by atoms with Crippen molar-refractivity contribution >= 4 is 5.97 Å². The molecule has 0 saturated carbocycles. The lowest BCUT2D eigenvalue weighted by Crippen LogP contribution is -2.56. The predicted octanol–water partition coefficient (Wildman–Crippen LogP) is 2.33. The molecular formula is C15H28N2O3. The molecule has 2 unspecified atom stereocenters. The summed E-state index contributed by atoms with van der Waals surface area (Å²) in [4.78, 5) is 19.8. The van der Waals surface area contributed by atoms with Crippen LogP contribution in [0.1, 0.15) is 52.9 Å². The lowest BCUT2D eigenvalue weighted by molar-refractivity contribution is -0.287. The Labute approximate surface area is 121 Å². The number of likely N-dealkylation sites (tertiary alicyclic amines) is 1. The van der Waals surface area contributed by atoms with Crippen molar-refractivity contribution in [1.82, 2.24) is 9.96 Å². The van der Waals surface area contributed by atoms with Crippen LogP contribution >= 0.6 is 0 Å². The van der Waals surface area contributed by atoms with Gasteiger partial charge in [-0.15, -0.1) is 0 Å². The number of hydroxylamine groups is 2. The fourth-order valence-electron chi connectivity index (χ4n) is 3.15. The summed E-state index contributed by atoms with van der Waals surface area (Å²) in [6, 6.07) is 0. The minimum absolute atomic E-state index is 0.115. The van der Waals surface area contributed by atoms with Gasteiger partial charge in [0.25, 0.3) is 0 Å². The molecule has 1 N–H and O–H groups in total. The number of aliphatic carboxylic acids is 1. The first-order valence-corrected chi connectivity index (χ1v) is 7.79. The van der Waals surface area contributed by atoms with Gasteiger partial charge < -0.3 is 5.11 Å². The molecule has 2 rings (SSSR count). The van der Waals surface area contributed by atoms with Gasteiger partial charge >= 0.3 is 5.97 Å². The van der Waals surface area contributed by atoms with Crippen LogP contribution in [0.5, 0.6) is 0 Å². The van der Waals surface area contributed by atoms with Crippen LogP contribution in [0.25, 0.3) is 0 Å². The molecule has 5 heteroatoms. The van der Waals surface area contributed by atoms with Crippen LogP contribution in [-0.4, -0.2) is 52.4 Å². The molecule has 0 spiro atoms. The SMILES string of the molecule is CC(C)(C)ON1CCC(C(=O)O)CC1N1CCCCC1. The van der Waals surface area contributed by atoms with E-state index in [-0.39, 0.29) is 17.7 Å². The molecule has 2 aliphatic heterocycles. The second-order valence-electron chi connectivity index (χ2n) is 6.98. The summed E-state index contributed by atoms with van der Waals surface area (Å²) in [6.07, 6.45) is 5.16. The lowest BCUT2D eigenvalue weighted by atomic mass is 9.94. The molecule has 0 aromatic carbocycles. The Morgan fingerprint density at radius 1 is 1.15 bits per heavy atom. The summed E-state index contributed by atoms with van der Waals surface area (Å²) >= 11 is 0. The third-order valence-electron chi connectivity index (χ3n) is 4.08. The second kappa shape index (κ2) is 6.41. The Bertz CT molecular complexity index is 335. The minimum atomic E-state index is -0.664. The Balaban J connectivity index is 2.06. The van der Waals surface area contributed by atoms with Crippen molar-refractivity contribution in [2.24, 2.45) is 5.92 Å². The van der Waals surface area contributed by atoms with E-state index in [1.54, 1.807) is 0 Å². The van der Waals surface area contributed by atoms with Crippen LogP contribution in [0.4, 0.5) is 0 Å². The quantitative estimate of drug-likeness (QED) is 0.862. The standard InChI is InChI=1S/C15H28N2O3/c1-15(2,3)20-17-10-7-12(14(18)19)11-13(17)16-8-5-4-6-9-16/h12-13H,4-11H2,1-3H3,(H,18,19). The molecule has 0 aromatic rings. The summed E-state index contributed by atoms with van der Waals surface area (Å²) in [7, 11) is 0. The molecule has 116 valence electrons. The van der Waals surface area contributed by atoms with Crippen molar-refractivity contribution in [2.45, 2.75) is 64.6 Å². The van der Waals surface area contributed by atoms with Crippen LogP contribution in [0, 0.1) is 5.92 Å². The summed E-state index contributed by atoms with van der Waals surface area (Å²) in [5.74, 6) is -0.899. The maximum Gasteiger partial charge on any atom is 0.306 e. The summed E-state index contributed by atoms with van der Waals surface area (Å²) in [6.45, 7) is 8.95. The first-order chi connectivity index (χ1) is 9.37. The Kier molecular flexibility index (Phi) is 5.04. The number of nitrogens with zero attached hydrogens (tertiary/aromatic N) is 2. The van der Waals surface area contributed by atoms with Crippen LogP contribution in [-0.2, 0) is 9.63 Å². The van der Waals surface area contributed by atoms with Crippen molar-refractivity contribution in [3.63, 3.8) is 0 Å². The number of carboxylic acid groups (broad SMARTS) is 1. The smallest absolute Gasteiger partial charge is 0.306 e. The molecular weight excluding hydrogens is 256 g/mol. The number of carboxylic acids is 1. The first kappa shape index (κ1) is 15.7. The number of piperidine rings is 2. The van der Waals surface area contributed by atoms with E-state index in [1.165, 1.54) is 19.3 Å². The van der Waals surface area contributed by atoms with Gasteiger partial charge in [-0.05, 0) is 59.5 Å². The zero-order valence-corrected chi connectivity index (χ0v) is 13.0. The molecule has 0 bridgehead atoms. The van der Waals surface area contributed by atoms with E-state index in [0.717, 1.165) is 13.1 Å². The third kappa shape index (κ3) is 4.17. The molecule has 2 aliphatic rings. The van der Waals surface area contributed by atoms with Gasteiger partial charge in [-0.2, -0.15) is 5.06 Å². The fourth-order valence-corrected chi connectivity index (χ4v) is 3.15. The highest BCUT2D eigenvalue weighted by Crippen LogP contribution is 2.29. The topological polar surface area (TPSA) is 53.0 Å². The molecule has 2 atom stereocenters. The van der Waals surface area contributed by atoms with Crippen LogP contribution in [0.15, 0.2) is 0 Å². The zero-order chi connectivity index (χ0) is 14.8. The number of carbonyl (C=O) groups is 1. The second-order valence-corrected chi connectivity index (χ2v) is 6.98. The summed E-state index contributed by atoms with van der Waals surface area (Å²) in [5, 5.41) is 11.3. The first-order valence-electron chi connectivity index (χ1n) is 7.79. The van der Waals surface area contributed by atoms with Crippen LogP contribution in [0.3, 0.4) is 0 Å². The number of hydrogen-bond donors (Lipinski definition) is 1. The Morgan fingerprint density at radius 2 is 1.80 bits per heavy atom. The average molecular weight is 284 g/mol. The Hall–Kier alpha value is -0.650. The fraction of sp³-hybridized carbons (Fsp3) is 0.933. The van der Waals surface area contributed by atoms with Gasteiger partial charge in [-0.3, -0.25) is 14.5 Å². The van der Waals surface area contributed by atoms with Gasteiger partial charge in [0.2, 0.25) is 0 Å². The van der Waals surface area contributed by atoms with Gasteiger partial charge in [0, 0.05) is 6.54 Å². The molecule has 2 fully saturated rings. The highest BCUT2D eigenvalue weighted by atomic mass is 16.7. The van der Waals surface area contributed by atoms with E-state index >= 15 is 0 Å². The third-order valence-corrected chi connectivity index (χ3v) is 4.08. The van der Waals surface area contributed by atoms with Crippen molar-refractivity contribution in [1.29, 1.82) is 0 Å². The van der Waals surface area contributed by atoms with E-state index in [2.05, 4.69) is 4.90 Å². The van der Waals surface area contributed by atoms with Gasteiger partial charge in [0.05, 0.1) is 17.7 Å². The lowest BCUT2D eigenvalue weighted by Gasteiger charge is -2.46. The van der Waals surface area contributed by atoms with Crippen LogP contribution < -0.4 is 0 Å². The van der Waals surface area contributed by atoms with Crippen LogP contribution in [0.2, 0.25) is 0 Å². The number of hydrogen-bond acceptors (Lipinski definition) is 4. The van der Waals surface area contributed by atoms with Gasteiger partial charge in [-0.25, -0.2) is 0 Å². The van der Waals surface area contributed by atoms with Crippen molar-refractivity contribution < 1.29 is 14.7 Å². The normalized spacial score (nSPS) is 30.4. The van der Waals surface area contributed by atoms with Crippen molar-refractivity contribution in [3.05, 3.63) is 0 Å². The molecule has 5 nitrogen and oxygen atoms in total. The summed E-state index contributed by atoms with van der Waals surface area (Å²) < 4.78 is 0. The average Bonchev–Trinajstić information content (AvgIpc) is 2.38. The maximum absolute atomic E-state index is 11.3. The minimum Gasteiger partial charge on any atom is -0.481 e. The van der Waals surface area contributed by atoms with Gasteiger partial charge in [0.15, 0.2) is 0 Å². The van der Waals surface area contributed by atoms with E-state index in [1.807, 2.05) is 25.8 Å². The van der Waals surface area contributed by atoms with Crippen molar-refractivity contribution in [3.8, 4) is 0 Å². The molecule has 2 saturated heterocycles. The van der Waals surface area contributed by atoms with Gasteiger partial charge in [0.1, 0.15) is 0 Å². The monoisotopic (exact) mass is 284 g/mol. The predicted molar refractivity (Wildman–Crippen MR) is 77.1 cm³/mol. The zero-order valence-electron chi connectivity index (χ0n) is 13.0. The molecule has 0 amide bonds. The molecule has 0 radical (unpaired) electrons. The highest BCUT2D eigenvalue weighted by Gasteiger charge is 2.38. The van der Waals surface area contributed by atoms with Crippen molar-refractivity contribution in [2.75, 3.05) is 19.6 Å².